The van der Waals surface area contributed by atoms with Crippen molar-refractivity contribution < 1.29 is 4.79 Å². The first kappa shape index (κ1) is 12.8. The first-order chi connectivity index (χ1) is 8.65. The molecule has 2 heterocycles. The summed E-state index contributed by atoms with van der Waals surface area (Å²) < 4.78 is 0. The molecule has 0 spiro atoms. The Bertz CT molecular complexity index is 562. The smallest absolute Gasteiger partial charge is 0.301 e. The van der Waals surface area contributed by atoms with E-state index in [4.69, 9.17) is 0 Å². The van der Waals surface area contributed by atoms with E-state index in [-0.39, 0.29) is 16.8 Å². The van der Waals surface area contributed by atoms with Crippen LogP contribution in [0.5, 0.6) is 0 Å². The largest absolute Gasteiger partial charge is 0.340 e. The van der Waals surface area contributed by atoms with E-state index >= 15 is 0 Å². The van der Waals surface area contributed by atoms with Gasteiger partial charge in [0.25, 0.3) is 0 Å². The van der Waals surface area contributed by atoms with Gasteiger partial charge in [-0.05, 0) is 6.92 Å². The minimum absolute atomic E-state index is 0.118. The minimum Gasteiger partial charge on any atom is -0.301 e. The highest BCUT2D eigenvalue weighted by Gasteiger charge is 2.15. The molecule has 3 N–H and O–H groups in total. The first-order valence-corrected chi connectivity index (χ1v) is 7.03. The van der Waals surface area contributed by atoms with Crippen LogP contribution in [0.2, 0.25) is 0 Å². The summed E-state index contributed by atoms with van der Waals surface area (Å²) in [5.41, 5.74) is -0.342. The van der Waals surface area contributed by atoms with Crippen LogP contribution in [0.15, 0.2) is 16.4 Å². The Balaban J connectivity index is 1.82. The maximum Gasteiger partial charge on any atom is 0.340 e. The molecule has 0 saturated heterocycles. The SMILES string of the molecule is CC(SCc1n[nH]c(=O)[nH]1)C(=O)Nc1nccs1. The number of anilines is 1. The molecule has 0 aliphatic carbocycles. The summed E-state index contributed by atoms with van der Waals surface area (Å²) in [5.74, 6) is 0.872. The average Bonchev–Trinajstić information content (AvgIpc) is 2.97. The number of thiazole rings is 1. The lowest BCUT2D eigenvalue weighted by Crippen LogP contribution is -2.22. The molecule has 0 aliphatic rings. The number of H-pyrrole nitrogens is 2. The second-order valence-electron chi connectivity index (χ2n) is 3.40. The van der Waals surface area contributed by atoms with Crippen LogP contribution in [-0.2, 0) is 10.5 Å². The Kier molecular flexibility index (Phi) is 4.15. The van der Waals surface area contributed by atoms with Crippen molar-refractivity contribution in [1.29, 1.82) is 0 Å². The van der Waals surface area contributed by atoms with E-state index < -0.39 is 0 Å². The van der Waals surface area contributed by atoms with Crippen LogP contribution < -0.4 is 11.0 Å². The van der Waals surface area contributed by atoms with Crippen molar-refractivity contribution in [3.63, 3.8) is 0 Å². The Labute approximate surface area is 110 Å². The van der Waals surface area contributed by atoms with Gasteiger partial charge in [0, 0.05) is 11.6 Å². The Morgan fingerprint density at radius 3 is 3.11 bits per heavy atom. The van der Waals surface area contributed by atoms with Crippen molar-refractivity contribution in [1.82, 2.24) is 20.2 Å². The molecule has 2 rings (SSSR count). The van der Waals surface area contributed by atoms with Gasteiger partial charge in [-0.2, -0.15) is 5.10 Å². The maximum atomic E-state index is 11.8. The van der Waals surface area contributed by atoms with Crippen LogP contribution in [0.25, 0.3) is 0 Å². The van der Waals surface area contributed by atoms with Crippen molar-refractivity contribution >= 4 is 34.1 Å². The van der Waals surface area contributed by atoms with Crippen LogP contribution in [0.4, 0.5) is 5.13 Å². The van der Waals surface area contributed by atoms with E-state index in [0.29, 0.717) is 16.7 Å². The summed E-state index contributed by atoms with van der Waals surface area (Å²) in [4.78, 5) is 29.1. The summed E-state index contributed by atoms with van der Waals surface area (Å²) in [6.45, 7) is 1.79. The zero-order valence-electron chi connectivity index (χ0n) is 9.47. The normalized spacial score (nSPS) is 12.3. The lowest BCUT2D eigenvalue weighted by atomic mass is 10.4. The highest BCUT2D eigenvalue weighted by molar-refractivity contribution is 7.99. The molecule has 18 heavy (non-hydrogen) atoms. The second kappa shape index (κ2) is 5.83. The first-order valence-electron chi connectivity index (χ1n) is 5.10. The Morgan fingerprint density at radius 1 is 1.67 bits per heavy atom. The van der Waals surface area contributed by atoms with Gasteiger partial charge in [-0.1, -0.05) is 0 Å². The molecule has 2 aromatic heterocycles. The van der Waals surface area contributed by atoms with Gasteiger partial charge in [0.05, 0.1) is 11.0 Å². The Hall–Kier alpha value is -1.61. The Morgan fingerprint density at radius 2 is 2.50 bits per heavy atom. The zero-order chi connectivity index (χ0) is 13.0. The standard InChI is InChI=1S/C9H11N5O2S2/c1-5(7(15)12-9-10-2-3-17-9)18-4-6-11-8(16)14-13-6/h2-3,5H,4H2,1H3,(H,10,12,15)(H2,11,13,14,16). The minimum atomic E-state index is -0.342. The van der Waals surface area contributed by atoms with Crippen molar-refractivity contribution in [2.24, 2.45) is 0 Å². The summed E-state index contributed by atoms with van der Waals surface area (Å²) in [7, 11) is 0. The molecule has 7 nitrogen and oxygen atoms in total. The number of rotatable bonds is 5. The van der Waals surface area contributed by atoms with Gasteiger partial charge in [-0.3, -0.25) is 9.78 Å². The van der Waals surface area contributed by atoms with Gasteiger partial charge in [0.1, 0.15) is 5.82 Å². The van der Waals surface area contributed by atoms with E-state index in [9.17, 15) is 9.59 Å². The van der Waals surface area contributed by atoms with Gasteiger partial charge in [0.15, 0.2) is 5.13 Å². The van der Waals surface area contributed by atoms with E-state index in [2.05, 4.69) is 25.5 Å². The summed E-state index contributed by atoms with van der Waals surface area (Å²) in [5, 5.41) is 10.9. The summed E-state index contributed by atoms with van der Waals surface area (Å²) in [6.07, 6.45) is 1.63. The molecule has 0 aromatic carbocycles. The molecule has 9 heteroatoms. The molecule has 96 valence electrons. The van der Waals surface area contributed by atoms with Gasteiger partial charge in [-0.15, -0.1) is 23.1 Å². The van der Waals surface area contributed by atoms with Crippen molar-refractivity contribution in [3.05, 3.63) is 27.9 Å². The zero-order valence-corrected chi connectivity index (χ0v) is 11.1. The number of thioether (sulfide) groups is 1. The number of aromatic nitrogens is 4. The molecule has 0 aliphatic heterocycles. The average molecular weight is 285 g/mol. The topological polar surface area (TPSA) is 104 Å². The molecule has 0 bridgehead atoms. The highest BCUT2D eigenvalue weighted by atomic mass is 32.2. The number of amides is 1. The lowest BCUT2D eigenvalue weighted by Gasteiger charge is -2.08. The van der Waals surface area contributed by atoms with Crippen LogP contribution in [-0.4, -0.2) is 31.3 Å². The van der Waals surface area contributed by atoms with Crippen LogP contribution in [0.1, 0.15) is 12.7 Å². The van der Waals surface area contributed by atoms with Crippen LogP contribution in [0, 0.1) is 0 Å². The predicted molar refractivity (Wildman–Crippen MR) is 70.7 cm³/mol. The quantitative estimate of drug-likeness (QED) is 0.754. The number of hydrogen-bond acceptors (Lipinski definition) is 6. The number of aromatic amines is 2. The fourth-order valence-corrected chi connectivity index (χ4v) is 2.43. The third kappa shape index (κ3) is 3.44. The molecule has 2 aromatic rings. The number of nitrogens with zero attached hydrogens (tertiary/aromatic N) is 2. The molecular weight excluding hydrogens is 274 g/mol. The fraction of sp³-hybridized carbons (Fsp3) is 0.333. The van der Waals surface area contributed by atoms with Crippen LogP contribution >= 0.6 is 23.1 Å². The van der Waals surface area contributed by atoms with Crippen molar-refractivity contribution in [2.75, 3.05) is 5.32 Å². The van der Waals surface area contributed by atoms with E-state index in [1.165, 1.54) is 23.1 Å². The third-order valence-corrected chi connectivity index (χ3v) is 3.89. The van der Waals surface area contributed by atoms with Gasteiger partial charge >= 0.3 is 5.69 Å². The van der Waals surface area contributed by atoms with Crippen LogP contribution in [0.3, 0.4) is 0 Å². The number of hydrogen-bond donors (Lipinski definition) is 3. The van der Waals surface area contributed by atoms with Crippen molar-refractivity contribution in [3.8, 4) is 0 Å². The van der Waals surface area contributed by atoms with E-state index in [0.717, 1.165) is 0 Å². The molecule has 1 amide bonds. The number of nitrogens with one attached hydrogen (secondary N) is 3. The summed E-state index contributed by atoms with van der Waals surface area (Å²) in [6, 6.07) is 0. The van der Waals surface area contributed by atoms with E-state index in [1.54, 1.807) is 18.5 Å². The predicted octanol–water partition coefficient (Wildman–Crippen LogP) is 0.815. The van der Waals surface area contributed by atoms with Crippen molar-refractivity contribution in [2.45, 2.75) is 17.9 Å². The molecule has 0 fully saturated rings. The molecule has 1 atom stereocenters. The fourth-order valence-electron chi connectivity index (χ4n) is 1.15. The van der Waals surface area contributed by atoms with Gasteiger partial charge < -0.3 is 5.32 Å². The highest BCUT2D eigenvalue weighted by Crippen LogP contribution is 2.17. The van der Waals surface area contributed by atoms with E-state index in [1.807, 2.05) is 0 Å². The maximum absolute atomic E-state index is 11.8. The molecule has 0 saturated carbocycles. The second-order valence-corrected chi connectivity index (χ2v) is 5.63. The number of carbonyl (C=O) groups excluding carboxylic acids is 1. The molecule has 1 unspecified atom stereocenters. The summed E-state index contributed by atoms with van der Waals surface area (Å²) >= 11 is 2.75. The third-order valence-electron chi connectivity index (χ3n) is 2.05. The number of carbonyl (C=O) groups is 1. The monoisotopic (exact) mass is 285 g/mol. The van der Waals surface area contributed by atoms with Gasteiger partial charge in [-0.25, -0.2) is 14.9 Å². The van der Waals surface area contributed by atoms with Gasteiger partial charge in [0.2, 0.25) is 5.91 Å². The lowest BCUT2D eigenvalue weighted by molar-refractivity contribution is -0.115. The molecular formula is C9H11N5O2S2. The molecule has 0 radical (unpaired) electrons.